The van der Waals surface area contributed by atoms with E-state index in [1.165, 1.54) is 6.08 Å². The number of aromatic nitrogens is 2. The highest BCUT2D eigenvalue weighted by Gasteiger charge is 2.27. The average Bonchev–Trinajstić information content (AvgIpc) is 3.12. The predicted octanol–water partition coefficient (Wildman–Crippen LogP) is 5.93. The Hall–Kier alpha value is -4.91. The minimum atomic E-state index is -1.02. The molecule has 0 spiro atoms. The molecule has 0 atom stereocenters. The van der Waals surface area contributed by atoms with Gasteiger partial charge in [0.1, 0.15) is 11.4 Å². The fourth-order valence-electron chi connectivity index (χ4n) is 4.48. The van der Waals surface area contributed by atoms with Crippen LogP contribution in [0.4, 0.5) is 16.4 Å². The number of nitrogens with zero attached hydrogens (tertiary/aromatic N) is 4. The van der Waals surface area contributed by atoms with E-state index in [9.17, 15) is 9.59 Å². The summed E-state index contributed by atoms with van der Waals surface area (Å²) in [5.74, 6) is 0.283. The number of aliphatic carboxylic acids is 1. The molecule has 2 heterocycles. The summed E-state index contributed by atoms with van der Waals surface area (Å²) in [6.07, 6.45) is 3.20. The zero-order chi connectivity index (χ0) is 29.7. The van der Waals surface area contributed by atoms with Crippen LogP contribution in [0.3, 0.4) is 0 Å². The van der Waals surface area contributed by atoms with Gasteiger partial charge in [-0.05, 0) is 100 Å². The van der Waals surface area contributed by atoms with Gasteiger partial charge in [-0.2, -0.15) is 10.2 Å². The second-order valence-electron chi connectivity index (χ2n) is 10.8. The van der Waals surface area contributed by atoms with Crippen molar-refractivity contribution < 1.29 is 24.2 Å². The summed E-state index contributed by atoms with van der Waals surface area (Å²) in [7, 11) is 0. The number of hydrogen-bond acceptors (Lipinski definition) is 8. The van der Waals surface area contributed by atoms with Crippen molar-refractivity contribution in [1.82, 2.24) is 14.9 Å². The summed E-state index contributed by atoms with van der Waals surface area (Å²) in [6.45, 7) is 10.1. The van der Waals surface area contributed by atoms with Crippen LogP contribution in [0, 0.1) is 25.2 Å². The second kappa shape index (κ2) is 12.1. The molecule has 0 aliphatic carbocycles. The molecular weight excluding hydrogens is 522 g/mol. The molecule has 0 bridgehead atoms. The Morgan fingerprint density at radius 3 is 2.34 bits per heavy atom. The third-order valence-electron chi connectivity index (χ3n) is 6.33. The molecule has 1 aliphatic heterocycles. The van der Waals surface area contributed by atoms with Gasteiger partial charge in [0.25, 0.3) is 0 Å². The fourth-order valence-corrected chi connectivity index (χ4v) is 4.48. The van der Waals surface area contributed by atoms with Gasteiger partial charge in [-0.25, -0.2) is 14.6 Å². The van der Waals surface area contributed by atoms with Gasteiger partial charge in [0.05, 0.1) is 17.3 Å². The van der Waals surface area contributed by atoms with E-state index >= 15 is 0 Å². The highest BCUT2D eigenvalue weighted by atomic mass is 16.6. The summed E-state index contributed by atoms with van der Waals surface area (Å²) in [5.41, 5.74) is 4.57. The summed E-state index contributed by atoms with van der Waals surface area (Å²) < 4.78 is 12.1. The number of carbonyl (C=O) groups is 2. The Labute approximate surface area is 239 Å². The van der Waals surface area contributed by atoms with Crippen LogP contribution in [-0.2, 0) is 22.4 Å². The van der Waals surface area contributed by atoms with Crippen molar-refractivity contribution in [3.05, 3.63) is 76.0 Å². The number of nitriles is 1. The zero-order valence-electron chi connectivity index (χ0n) is 23.8. The lowest BCUT2D eigenvalue weighted by Gasteiger charge is -2.26. The zero-order valence-corrected chi connectivity index (χ0v) is 23.8. The number of aryl methyl sites for hydroxylation is 2. The van der Waals surface area contributed by atoms with Gasteiger partial charge >= 0.3 is 12.1 Å². The van der Waals surface area contributed by atoms with E-state index in [-0.39, 0.29) is 6.09 Å². The number of rotatable bonds is 6. The number of carboxylic acid groups (broad SMARTS) is 1. The largest absolute Gasteiger partial charge is 0.478 e. The number of carboxylic acids is 1. The van der Waals surface area contributed by atoms with E-state index < -0.39 is 11.6 Å². The molecule has 10 heteroatoms. The summed E-state index contributed by atoms with van der Waals surface area (Å²) in [5, 5.41) is 21.3. The van der Waals surface area contributed by atoms with Crippen LogP contribution in [0.5, 0.6) is 11.6 Å². The van der Waals surface area contributed by atoms with Crippen molar-refractivity contribution in [2.24, 2.45) is 0 Å². The molecule has 1 amide bonds. The van der Waals surface area contributed by atoms with Gasteiger partial charge < -0.3 is 24.8 Å². The maximum absolute atomic E-state index is 12.8. The number of nitrogens with one attached hydrogen (secondary N) is 1. The topological polar surface area (TPSA) is 138 Å². The minimum absolute atomic E-state index is 0.325. The summed E-state index contributed by atoms with van der Waals surface area (Å²) in [4.78, 5) is 35.0. The molecule has 4 rings (SSSR count). The molecule has 0 unspecified atom stereocenters. The fraction of sp³-hybridized carbons (Fsp3) is 0.323. The third kappa shape index (κ3) is 7.60. The molecule has 0 saturated carbocycles. The predicted molar refractivity (Wildman–Crippen MR) is 154 cm³/mol. The first kappa shape index (κ1) is 29.1. The number of anilines is 2. The van der Waals surface area contributed by atoms with E-state index in [0.29, 0.717) is 54.8 Å². The van der Waals surface area contributed by atoms with Crippen molar-refractivity contribution >= 4 is 29.8 Å². The molecule has 212 valence electrons. The van der Waals surface area contributed by atoms with Gasteiger partial charge in [-0.1, -0.05) is 0 Å². The lowest BCUT2D eigenvalue weighted by Crippen LogP contribution is -2.38. The molecule has 1 aliphatic rings. The Balaban J connectivity index is 1.70. The minimum Gasteiger partial charge on any atom is -0.478 e. The Morgan fingerprint density at radius 2 is 1.73 bits per heavy atom. The highest BCUT2D eigenvalue weighted by Crippen LogP contribution is 2.34. The third-order valence-corrected chi connectivity index (χ3v) is 6.33. The van der Waals surface area contributed by atoms with Gasteiger partial charge in [-0.3, -0.25) is 0 Å². The van der Waals surface area contributed by atoms with Crippen molar-refractivity contribution in [3.63, 3.8) is 0 Å². The van der Waals surface area contributed by atoms with Crippen LogP contribution in [0.15, 0.2) is 42.5 Å². The number of amides is 1. The van der Waals surface area contributed by atoms with Crippen molar-refractivity contribution in [1.29, 1.82) is 5.26 Å². The number of fused-ring (bicyclic) bond motifs is 1. The standard InChI is InChI=1S/C31H33N5O5/c1-19-16-22(8-11-26(37)38)17-20(2)27(19)40-28-24-12-14-36(30(39)41-31(3,4)5)15-13-25(24)34-29(35-28)33-23-9-6-21(18-32)7-10-23/h6-11,16-17H,12-15H2,1-5H3,(H,37,38)(H,33,34,35)/b11-8+. The van der Waals surface area contributed by atoms with Gasteiger partial charge in [0.2, 0.25) is 11.8 Å². The molecule has 10 nitrogen and oxygen atoms in total. The molecule has 41 heavy (non-hydrogen) atoms. The summed E-state index contributed by atoms with van der Waals surface area (Å²) >= 11 is 0. The summed E-state index contributed by atoms with van der Waals surface area (Å²) in [6, 6.07) is 12.8. The monoisotopic (exact) mass is 555 g/mol. The van der Waals surface area contributed by atoms with Gasteiger partial charge in [-0.15, -0.1) is 0 Å². The van der Waals surface area contributed by atoms with Crippen LogP contribution in [-0.4, -0.2) is 50.7 Å². The maximum atomic E-state index is 12.8. The number of ether oxygens (including phenoxy) is 2. The quantitative estimate of drug-likeness (QED) is 0.354. The normalized spacial score (nSPS) is 13.2. The first-order chi connectivity index (χ1) is 19.4. The van der Waals surface area contributed by atoms with Crippen molar-refractivity contribution in [2.75, 3.05) is 18.4 Å². The van der Waals surface area contributed by atoms with Crippen molar-refractivity contribution in [3.8, 4) is 17.7 Å². The maximum Gasteiger partial charge on any atom is 0.410 e. The van der Waals surface area contributed by atoms with Crippen LogP contribution in [0.1, 0.15) is 54.3 Å². The highest BCUT2D eigenvalue weighted by molar-refractivity contribution is 5.85. The lowest BCUT2D eigenvalue weighted by atomic mass is 10.0. The number of benzene rings is 2. The molecule has 2 N–H and O–H groups in total. The van der Waals surface area contributed by atoms with Gasteiger partial charge in [0, 0.05) is 36.8 Å². The molecule has 0 saturated heterocycles. The second-order valence-corrected chi connectivity index (χ2v) is 10.8. The van der Waals surface area contributed by atoms with E-state index in [2.05, 4.69) is 11.4 Å². The van der Waals surface area contributed by atoms with Crippen LogP contribution >= 0.6 is 0 Å². The molecule has 3 aromatic rings. The number of carbonyl (C=O) groups excluding carboxylic acids is 1. The smallest absolute Gasteiger partial charge is 0.410 e. The van der Waals surface area contributed by atoms with Crippen LogP contribution in [0.2, 0.25) is 0 Å². The Kier molecular flexibility index (Phi) is 8.57. The van der Waals surface area contributed by atoms with E-state index in [1.54, 1.807) is 29.2 Å². The number of hydrogen-bond donors (Lipinski definition) is 2. The molecular formula is C31H33N5O5. The molecule has 2 aromatic carbocycles. The lowest BCUT2D eigenvalue weighted by molar-refractivity contribution is -0.131. The van der Waals surface area contributed by atoms with Crippen LogP contribution < -0.4 is 10.1 Å². The average molecular weight is 556 g/mol. The van der Waals surface area contributed by atoms with Crippen molar-refractivity contribution in [2.45, 2.75) is 53.1 Å². The first-order valence-corrected chi connectivity index (χ1v) is 13.3. The van der Waals surface area contributed by atoms with E-state index in [0.717, 1.165) is 34.0 Å². The first-order valence-electron chi connectivity index (χ1n) is 13.3. The van der Waals surface area contributed by atoms with E-state index in [1.807, 2.05) is 46.8 Å². The Morgan fingerprint density at radius 1 is 1.07 bits per heavy atom. The molecule has 0 fully saturated rings. The molecule has 1 aromatic heterocycles. The van der Waals surface area contributed by atoms with E-state index in [4.69, 9.17) is 29.8 Å². The Bertz CT molecular complexity index is 1510. The van der Waals surface area contributed by atoms with Crippen LogP contribution in [0.25, 0.3) is 6.08 Å². The molecule has 0 radical (unpaired) electrons. The van der Waals surface area contributed by atoms with Gasteiger partial charge in [0.15, 0.2) is 0 Å². The SMILES string of the molecule is Cc1cc(/C=C/C(=O)O)cc(C)c1Oc1nc(Nc2ccc(C#N)cc2)nc2c1CCN(C(=O)OC(C)(C)C)CC2.